The van der Waals surface area contributed by atoms with Gasteiger partial charge in [-0.25, -0.2) is 9.97 Å². The zero-order valence-electron chi connectivity index (χ0n) is 14.9. The number of nitrogens with zero attached hydrogens (tertiary/aromatic N) is 3. The monoisotopic (exact) mass is 356 g/mol. The molecule has 0 unspecified atom stereocenters. The number of carbonyl (C=O) groups is 1. The molecule has 1 aromatic carbocycles. The van der Waals surface area contributed by atoms with Crippen molar-refractivity contribution in [2.24, 2.45) is 0 Å². The van der Waals surface area contributed by atoms with Crippen molar-refractivity contribution in [2.75, 3.05) is 13.1 Å². The van der Waals surface area contributed by atoms with Crippen molar-refractivity contribution in [2.45, 2.75) is 18.8 Å². The van der Waals surface area contributed by atoms with Crippen molar-refractivity contribution in [1.82, 2.24) is 19.9 Å². The Hall–Kier alpha value is -3.21. The summed E-state index contributed by atoms with van der Waals surface area (Å²) in [5.41, 5.74) is 3.66. The number of aromatic nitrogens is 3. The molecule has 0 bridgehead atoms. The van der Waals surface area contributed by atoms with E-state index in [1.165, 1.54) is 10.9 Å². The smallest absolute Gasteiger partial charge is 0.272 e. The first kappa shape index (κ1) is 16.0. The van der Waals surface area contributed by atoms with Crippen LogP contribution in [0.3, 0.4) is 0 Å². The molecule has 5 nitrogen and oxygen atoms in total. The Kier molecular flexibility index (Phi) is 3.85. The molecule has 4 heterocycles. The number of H-pyrrole nitrogens is 1. The summed E-state index contributed by atoms with van der Waals surface area (Å²) < 4.78 is 0. The van der Waals surface area contributed by atoms with Crippen LogP contribution in [0.1, 0.15) is 34.8 Å². The molecule has 1 N–H and O–H groups in total. The number of nitrogens with one attached hydrogen (secondary N) is 1. The van der Waals surface area contributed by atoms with E-state index in [4.69, 9.17) is 0 Å². The number of amides is 1. The Morgan fingerprint density at radius 1 is 1.04 bits per heavy atom. The molecule has 0 atom stereocenters. The largest absolute Gasteiger partial charge is 0.346 e. The third-order valence-corrected chi connectivity index (χ3v) is 5.53. The molecule has 5 rings (SSSR count). The summed E-state index contributed by atoms with van der Waals surface area (Å²) in [6.07, 6.45) is 5.73. The molecule has 1 aliphatic heterocycles. The average molecular weight is 356 g/mol. The minimum Gasteiger partial charge on any atom is -0.346 e. The third-order valence-electron chi connectivity index (χ3n) is 5.53. The third kappa shape index (κ3) is 2.85. The number of piperidine rings is 1. The maximum atomic E-state index is 12.9. The molecule has 0 saturated carbocycles. The van der Waals surface area contributed by atoms with Crippen LogP contribution >= 0.6 is 0 Å². The second-order valence-electron chi connectivity index (χ2n) is 7.10. The van der Waals surface area contributed by atoms with Crippen LogP contribution in [0.25, 0.3) is 21.9 Å². The van der Waals surface area contributed by atoms with E-state index in [2.05, 4.69) is 27.1 Å². The number of rotatable bonds is 2. The van der Waals surface area contributed by atoms with E-state index in [0.717, 1.165) is 42.5 Å². The normalized spacial score (nSPS) is 15.5. The molecule has 1 amide bonds. The molecule has 134 valence electrons. The van der Waals surface area contributed by atoms with Gasteiger partial charge in [0.2, 0.25) is 0 Å². The molecular formula is C22H20N4O. The fourth-order valence-corrected chi connectivity index (χ4v) is 4.08. The van der Waals surface area contributed by atoms with E-state index in [1.54, 1.807) is 0 Å². The van der Waals surface area contributed by atoms with Crippen molar-refractivity contribution in [1.29, 1.82) is 0 Å². The Balaban J connectivity index is 1.33. The molecule has 3 aromatic heterocycles. The molecular weight excluding hydrogens is 336 g/mol. The van der Waals surface area contributed by atoms with E-state index in [-0.39, 0.29) is 5.91 Å². The Morgan fingerprint density at radius 2 is 1.89 bits per heavy atom. The van der Waals surface area contributed by atoms with Crippen molar-refractivity contribution in [3.05, 3.63) is 72.2 Å². The summed E-state index contributed by atoms with van der Waals surface area (Å²) in [4.78, 5) is 27.0. The summed E-state index contributed by atoms with van der Waals surface area (Å²) in [7, 11) is 0. The van der Waals surface area contributed by atoms with Gasteiger partial charge in [0, 0.05) is 36.3 Å². The maximum absolute atomic E-state index is 12.9. The number of aromatic amines is 1. The minimum absolute atomic E-state index is 0.0284. The van der Waals surface area contributed by atoms with E-state index in [1.807, 2.05) is 53.7 Å². The van der Waals surface area contributed by atoms with Gasteiger partial charge in [0.05, 0.1) is 5.52 Å². The Bertz CT molecular complexity index is 1130. The predicted octanol–water partition coefficient (Wildman–Crippen LogP) is 4.13. The van der Waals surface area contributed by atoms with Gasteiger partial charge in [-0.15, -0.1) is 0 Å². The number of hydrogen-bond acceptors (Lipinski definition) is 3. The second-order valence-corrected chi connectivity index (χ2v) is 7.10. The van der Waals surface area contributed by atoms with Gasteiger partial charge < -0.3 is 9.88 Å². The lowest BCUT2D eigenvalue weighted by Crippen LogP contribution is -2.38. The molecule has 0 radical (unpaired) electrons. The fraction of sp³-hybridized carbons (Fsp3) is 0.227. The van der Waals surface area contributed by atoms with Gasteiger partial charge in [-0.3, -0.25) is 4.79 Å². The highest BCUT2D eigenvalue weighted by atomic mass is 16.2. The molecule has 0 spiro atoms. The van der Waals surface area contributed by atoms with Gasteiger partial charge >= 0.3 is 0 Å². The van der Waals surface area contributed by atoms with Crippen LogP contribution in [-0.4, -0.2) is 38.8 Å². The zero-order valence-corrected chi connectivity index (χ0v) is 14.9. The van der Waals surface area contributed by atoms with Crippen LogP contribution in [0.2, 0.25) is 0 Å². The molecule has 27 heavy (non-hydrogen) atoms. The van der Waals surface area contributed by atoms with E-state index >= 15 is 0 Å². The van der Waals surface area contributed by atoms with E-state index in [0.29, 0.717) is 11.6 Å². The standard InChI is InChI=1S/C22H20N4O/c27-22(20-6-5-16-3-1-2-4-19(16)25-20)26-13-9-15(10-14-26)17-7-11-23-21-18(17)8-12-24-21/h1-8,11-12,15H,9-10,13-14H2,(H,23,24). The van der Waals surface area contributed by atoms with Gasteiger partial charge in [0.15, 0.2) is 0 Å². The number of hydrogen-bond donors (Lipinski definition) is 1. The lowest BCUT2D eigenvalue weighted by atomic mass is 9.88. The lowest BCUT2D eigenvalue weighted by Gasteiger charge is -2.32. The number of para-hydroxylation sites is 1. The number of likely N-dealkylation sites (tertiary alicyclic amines) is 1. The second kappa shape index (κ2) is 6.50. The number of benzene rings is 1. The van der Waals surface area contributed by atoms with Crippen molar-refractivity contribution in [3.63, 3.8) is 0 Å². The summed E-state index contributed by atoms with van der Waals surface area (Å²) in [6.45, 7) is 1.51. The summed E-state index contributed by atoms with van der Waals surface area (Å²) in [5.74, 6) is 0.487. The first-order valence-corrected chi connectivity index (χ1v) is 9.37. The van der Waals surface area contributed by atoms with Crippen molar-refractivity contribution >= 4 is 27.8 Å². The number of carbonyl (C=O) groups excluding carboxylic acids is 1. The van der Waals surface area contributed by atoms with Gasteiger partial charge in [-0.2, -0.15) is 0 Å². The van der Waals surface area contributed by atoms with Gasteiger partial charge in [0.25, 0.3) is 5.91 Å². The minimum atomic E-state index is 0.0284. The summed E-state index contributed by atoms with van der Waals surface area (Å²) in [5, 5.41) is 2.25. The summed E-state index contributed by atoms with van der Waals surface area (Å²) >= 11 is 0. The van der Waals surface area contributed by atoms with Crippen LogP contribution in [0, 0.1) is 0 Å². The molecule has 1 saturated heterocycles. The lowest BCUT2D eigenvalue weighted by molar-refractivity contribution is 0.0708. The highest BCUT2D eigenvalue weighted by Gasteiger charge is 2.26. The fourth-order valence-electron chi connectivity index (χ4n) is 4.08. The Labute approximate surface area is 157 Å². The predicted molar refractivity (Wildman–Crippen MR) is 106 cm³/mol. The highest BCUT2D eigenvalue weighted by Crippen LogP contribution is 2.32. The van der Waals surface area contributed by atoms with Crippen LogP contribution in [-0.2, 0) is 0 Å². The first-order valence-electron chi connectivity index (χ1n) is 9.37. The topological polar surface area (TPSA) is 61.9 Å². The van der Waals surface area contributed by atoms with Gasteiger partial charge in [0.1, 0.15) is 11.3 Å². The SMILES string of the molecule is O=C(c1ccc2ccccc2n1)N1CCC(c2ccnc3[nH]ccc23)CC1. The molecule has 1 aliphatic rings. The average Bonchev–Trinajstić information content (AvgIpc) is 3.22. The maximum Gasteiger partial charge on any atom is 0.272 e. The van der Waals surface area contributed by atoms with Gasteiger partial charge in [-0.1, -0.05) is 24.3 Å². The summed E-state index contributed by atoms with van der Waals surface area (Å²) in [6, 6.07) is 15.9. The Morgan fingerprint density at radius 3 is 2.78 bits per heavy atom. The van der Waals surface area contributed by atoms with Gasteiger partial charge in [-0.05, 0) is 48.6 Å². The van der Waals surface area contributed by atoms with Crippen LogP contribution in [0.5, 0.6) is 0 Å². The molecule has 5 heteroatoms. The number of fused-ring (bicyclic) bond motifs is 2. The quantitative estimate of drug-likeness (QED) is 0.587. The molecule has 0 aliphatic carbocycles. The van der Waals surface area contributed by atoms with E-state index in [9.17, 15) is 4.79 Å². The highest BCUT2D eigenvalue weighted by molar-refractivity contribution is 5.95. The van der Waals surface area contributed by atoms with Crippen LogP contribution in [0.15, 0.2) is 60.9 Å². The molecule has 4 aromatic rings. The zero-order chi connectivity index (χ0) is 18.2. The number of pyridine rings is 2. The first-order chi connectivity index (χ1) is 13.3. The van der Waals surface area contributed by atoms with Crippen molar-refractivity contribution in [3.8, 4) is 0 Å². The van der Waals surface area contributed by atoms with Crippen LogP contribution < -0.4 is 0 Å². The van der Waals surface area contributed by atoms with Crippen LogP contribution in [0.4, 0.5) is 0 Å². The molecule has 1 fully saturated rings. The van der Waals surface area contributed by atoms with Crippen molar-refractivity contribution < 1.29 is 4.79 Å². The van der Waals surface area contributed by atoms with E-state index < -0.39 is 0 Å².